The summed E-state index contributed by atoms with van der Waals surface area (Å²) in [6, 6.07) is 15.7. The summed E-state index contributed by atoms with van der Waals surface area (Å²) >= 11 is 0.589. The molecular weight excluding hydrogens is 395 g/mol. The predicted octanol–water partition coefficient (Wildman–Crippen LogP) is 5.63. The summed E-state index contributed by atoms with van der Waals surface area (Å²) in [4.78, 5) is -0.679. The van der Waals surface area contributed by atoms with Crippen LogP contribution < -0.4 is 0 Å². The molecule has 0 saturated heterocycles. The number of fused-ring (bicyclic) bond motifs is 1. The van der Waals surface area contributed by atoms with Crippen LogP contribution in [0.25, 0.3) is 22.0 Å². The van der Waals surface area contributed by atoms with Gasteiger partial charge in [-0.1, -0.05) is 36.4 Å². The first kappa shape index (κ1) is 17.8. The highest BCUT2D eigenvalue weighted by molar-refractivity contribution is 7.90. The highest BCUT2D eigenvalue weighted by Gasteiger charge is 2.36. The summed E-state index contributed by atoms with van der Waals surface area (Å²) in [6.07, 6.45) is -3.24. The van der Waals surface area contributed by atoms with Crippen molar-refractivity contribution in [3.63, 3.8) is 0 Å². The van der Waals surface area contributed by atoms with Crippen molar-refractivity contribution in [1.29, 1.82) is 0 Å². The number of halogens is 3. The molecule has 0 atom stereocenters. The third kappa shape index (κ3) is 2.94. The second-order valence-electron chi connectivity index (χ2n) is 5.83. The van der Waals surface area contributed by atoms with Gasteiger partial charge in [-0.3, -0.25) is 0 Å². The van der Waals surface area contributed by atoms with Gasteiger partial charge in [0.2, 0.25) is 0 Å². The predicted molar refractivity (Wildman–Crippen MR) is 99.3 cm³/mol. The fourth-order valence-corrected chi connectivity index (χ4v) is 5.18. The summed E-state index contributed by atoms with van der Waals surface area (Å²) < 4.78 is 67.2. The number of thiophene rings is 1. The van der Waals surface area contributed by atoms with Crippen LogP contribution in [0.15, 0.2) is 77.1 Å². The van der Waals surface area contributed by atoms with Gasteiger partial charge in [0.1, 0.15) is 4.88 Å². The van der Waals surface area contributed by atoms with E-state index in [1.54, 1.807) is 42.5 Å². The van der Waals surface area contributed by atoms with Gasteiger partial charge in [-0.2, -0.15) is 13.2 Å². The van der Waals surface area contributed by atoms with Crippen molar-refractivity contribution in [3.8, 4) is 11.1 Å². The van der Waals surface area contributed by atoms with Crippen LogP contribution in [0.3, 0.4) is 0 Å². The van der Waals surface area contributed by atoms with Crippen LogP contribution in [-0.4, -0.2) is 12.4 Å². The lowest BCUT2D eigenvalue weighted by molar-refractivity contribution is -0.133. The minimum absolute atomic E-state index is 0.0225. The molecule has 0 fully saturated rings. The molecule has 3 nitrogen and oxygen atoms in total. The van der Waals surface area contributed by atoms with Crippen molar-refractivity contribution in [2.75, 3.05) is 0 Å². The summed E-state index contributed by atoms with van der Waals surface area (Å²) in [5.41, 5.74) is 0.542. The zero-order valence-corrected chi connectivity index (χ0v) is 15.3. The van der Waals surface area contributed by atoms with E-state index in [0.29, 0.717) is 22.2 Å². The number of aromatic nitrogens is 1. The average Bonchev–Trinajstić information content (AvgIpc) is 3.27. The molecule has 2 heterocycles. The largest absolute Gasteiger partial charge is 0.426 e. The highest BCUT2D eigenvalue weighted by Crippen LogP contribution is 2.43. The molecule has 0 unspecified atom stereocenters. The minimum atomic E-state index is -4.51. The summed E-state index contributed by atoms with van der Waals surface area (Å²) in [7, 11) is -3.95. The van der Waals surface area contributed by atoms with Gasteiger partial charge in [0.05, 0.1) is 10.4 Å². The quantitative estimate of drug-likeness (QED) is 0.442. The van der Waals surface area contributed by atoms with Crippen LogP contribution in [0.4, 0.5) is 13.2 Å². The summed E-state index contributed by atoms with van der Waals surface area (Å²) in [5.74, 6) is 0. The van der Waals surface area contributed by atoms with Crippen LogP contribution in [0.2, 0.25) is 0 Å². The third-order valence-electron chi connectivity index (χ3n) is 4.19. The smallest absolute Gasteiger partial charge is 0.241 e. The number of para-hydroxylation sites is 1. The number of nitrogens with zero attached hydrogens (tertiary/aromatic N) is 1. The second-order valence-corrected chi connectivity index (χ2v) is 8.57. The lowest BCUT2D eigenvalue weighted by Gasteiger charge is -2.07. The van der Waals surface area contributed by atoms with Crippen molar-refractivity contribution in [2.24, 2.45) is 0 Å². The Morgan fingerprint density at radius 1 is 0.852 bits per heavy atom. The lowest BCUT2D eigenvalue weighted by atomic mass is 10.1. The number of hydrogen-bond donors (Lipinski definition) is 0. The Kier molecular flexibility index (Phi) is 4.12. The minimum Gasteiger partial charge on any atom is -0.241 e. The third-order valence-corrected chi connectivity index (χ3v) is 6.84. The lowest BCUT2D eigenvalue weighted by Crippen LogP contribution is -2.11. The molecule has 27 heavy (non-hydrogen) atoms. The van der Waals surface area contributed by atoms with E-state index in [0.717, 1.165) is 3.97 Å². The van der Waals surface area contributed by atoms with Crippen LogP contribution in [0.1, 0.15) is 4.88 Å². The van der Waals surface area contributed by atoms with Crippen LogP contribution in [0.5, 0.6) is 0 Å². The Morgan fingerprint density at radius 3 is 2.22 bits per heavy atom. The summed E-state index contributed by atoms with van der Waals surface area (Å²) in [5, 5.41) is 1.80. The van der Waals surface area contributed by atoms with E-state index in [-0.39, 0.29) is 16.0 Å². The maximum absolute atomic E-state index is 13.4. The van der Waals surface area contributed by atoms with Gasteiger partial charge in [0.25, 0.3) is 10.0 Å². The molecule has 2 aromatic heterocycles. The Morgan fingerprint density at radius 2 is 1.52 bits per heavy atom. The molecule has 0 spiro atoms. The first-order valence-corrected chi connectivity index (χ1v) is 10.2. The Balaban J connectivity index is 2.01. The maximum Gasteiger partial charge on any atom is 0.426 e. The first-order chi connectivity index (χ1) is 12.8. The molecule has 4 rings (SSSR count). The van der Waals surface area contributed by atoms with Gasteiger partial charge in [-0.05, 0) is 29.6 Å². The van der Waals surface area contributed by atoms with Gasteiger partial charge in [0.15, 0.2) is 0 Å². The molecule has 8 heteroatoms. The zero-order valence-electron chi connectivity index (χ0n) is 13.6. The normalized spacial score (nSPS) is 12.6. The number of hydrogen-bond acceptors (Lipinski definition) is 3. The molecule has 0 amide bonds. The zero-order chi connectivity index (χ0) is 19.2. The van der Waals surface area contributed by atoms with E-state index < -0.39 is 21.1 Å². The van der Waals surface area contributed by atoms with Crippen LogP contribution >= 0.6 is 11.3 Å². The van der Waals surface area contributed by atoms with Crippen molar-refractivity contribution < 1.29 is 21.6 Å². The highest BCUT2D eigenvalue weighted by atomic mass is 32.2. The molecule has 138 valence electrons. The van der Waals surface area contributed by atoms with Crippen molar-refractivity contribution in [3.05, 3.63) is 77.1 Å². The molecule has 0 aliphatic rings. The molecule has 0 N–H and O–H groups in total. The van der Waals surface area contributed by atoms with Crippen LogP contribution in [-0.2, 0) is 16.2 Å². The monoisotopic (exact) mass is 407 g/mol. The fourth-order valence-electron chi connectivity index (χ4n) is 3.01. The topological polar surface area (TPSA) is 39.1 Å². The molecule has 4 aromatic rings. The standard InChI is InChI=1S/C19H12F3NO2S2/c20-19(21,22)18-15(10-11-26-18)16-12-23(17-9-5-4-8-14(16)17)27(24,25)13-6-2-1-3-7-13/h1-12H. The molecule has 0 aliphatic carbocycles. The maximum atomic E-state index is 13.4. The second kappa shape index (κ2) is 6.24. The number of rotatable bonds is 3. The van der Waals surface area contributed by atoms with Crippen molar-refractivity contribution in [1.82, 2.24) is 3.97 Å². The first-order valence-electron chi connectivity index (χ1n) is 7.86. The molecular formula is C19H12F3NO2S2. The van der Waals surface area contributed by atoms with Gasteiger partial charge >= 0.3 is 6.18 Å². The van der Waals surface area contributed by atoms with Crippen molar-refractivity contribution >= 4 is 32.3 Å². The van der Waals surface area contributed by atoms with E-state index >= 15 is 0 Å². The fraction of sp³-hybridized carbons (Fsp3) is 0.0526. The van der Waals surface area contributed by atoms with Gasteiger partial charge in [-0.25, -0.2) is 12.4 Å². The SMILES string of the molecule is O=S(=O)(c1ccccc1)n1cc(-c2ccsc2C(F)(F)F)c2ccccc21. The Hall–Kier alpha value is -2.58. The molecule has 0 aliphatic heterocycles. The Bertz CT molecular complexity index is 1220. The number of benzene rings is 2. The molecule has 0 saturated carbocycles. The molecule has 2 aromatic carbocycles. The summed E-state index contributed by atoms with van der Waals surface area (Å²) in [6.45, 7) is 0. The van der Waals surface area contributed by atoms with Crippen LogP contribution in [0, 0.1) is 0 Å². The van der Waals surface area contributed by atoms with E-state index in [1.807, 2.05) is 0 Å². The van der Waals surface area contributed by atoms with Crippen molar-refractivity contribution in [2.45, 2.75) is 11.1 Å². The van der Waals surface area contributed by atoms with E-state index in [1.165, 1.54) is 29.8 Å². The van der Waals surface area contributed by atoms with E-state index in [9.17, 15) is 21.6 Å². The van der Waals surface area contributed by atoms with Gasteiger partial charge in [0, 0.05) is 22.7 Å². The Labute approximate surface area is 157 Å². The number of alkyl halides is 3. The van der Waals surface area contributed by atoms with Gasteiger partial charge in [-0.15, -0.1) is 11.3 Å². The average molecular weight is 407 g/mol. The molecule has 0 radical (unpaired) electrons. The van der Waals surface area contributed by atoms with E-state index in [2.05, 4.69) is 0 Å². The van der Waals surface area contributed by atoms with Gasteiger partial charge < -0.3 is 0 Å². The molecule has 0 bridgehead atoms. The van der Waals surface area contributed by atoms with E-state index in [4.69, 9.17) is 0 Å².